The highest BCUT2D eigenvalue weighted by molar-refractivity contribution is 14.1. The van der Waals surface area contributed by atoms with Gasteiger partial charge in [0, 0.05) is 41.3 Å². The van der Waals surface area contributed by atoms with Crippen LogP contribution in [0.4, 0.5) is 5.13 Å². The molecule has 1 aliphatic heterocycles. The number of nitrogens with zero attached hydrogens (tertiary/aromatic N) is 3. The molecule has 1 aromatic heterocycles. The molecule has 0 unspecified atom stereocenters. The molecule has 0 spiro atoms. The van der Waals surface area contributed by atoms with Gasteiger partial charge in [-0.3, -0.25) is 4.79 Å². The van der Waals surface area contributed by atoms with Gasteiger partial charge < -0.3 is 9.80 Å². The Morgan fingerprint density at radius 1 is 1.20 bits per heavy atom. The van der Waals surface area contributed by atoms with E-state index >= 15 is 0 Å². The molecule has 2 heterocycles. The molecule has 1 aliphatic rings. The lowest BCUT2D eigenvalue weighted by Gasteiger charge is -2.34. The Morgan fingerprint density at radius 3 is 2.60 bits per heavy atom. The van der Waals surface area contributed by atoms with Crippen LogP contribution in [-0.2, 0) is 0 Å². The van der Waals surface area contributed by atoms with Crippen molar-refractivity contribution in [1.29, 1.82) is 0 Å². The summed E-state index contributed by atoms with van der Waals surface area (Å²) in [6, 6.07) is 7.75. The first-order valence-electron chi connectivity index (χ1n) is 6.44. The highest BCUT2D eigenvalue weighted by Gasteiger charge is 2.24. The average molecular weight is 399 g/mol. The number of hydrogen-bond acceptors (Lipinski definition) is 4. The van der Waals surface area contributed by atoms with Crippen molar-refractivity contribution in [3.63, 3.8) is 0 Å². The molecule has 2 aromatic rings. The first-order valence-corrected chi connectivity index (χ1v) is 8.40. The minimum absolute atomic E-state index is 0.133. The Kier molecular flexibility index (Phi) is 4.21. The number of aromatic nitrogens is 1. The highest BCUT2D eigenvalue weighted by Crippen LogP contribution is 2.20. The van der Waals surface area contributed by atoms with Gasteiger partial charge in [-0.1, -0.05) is 12.1 Å². The van der Waals surface area contributed by atoms with Crippen LogP contribution >= 0.6 is 33.9 Å². The molecule has 1 aromatic carbocycles. The van der Waals surface area contributed by atoms with E-state index in [4.69, 9.17) is 0 Å². The zero-order valence-corrected chi connectivity index (χ0v) is 13.8. The van der Waals surface area contributed by atoms with Crippen molar-refractivity contribution in [1.82, 2.24) is 9.88 Å². The second-order valence-corrected chi connectivity index (χ2v) is 6.61. The molecule has 20 heavy (non-hydrogen) atoms. The van der Waals surface area contributed by atoms with E-state index in [0.717, 1.165) is 40.4 Å². The van der Waals surface area contributed by atoms with Crippen LogP contribution in [0.5, 0.6) is 0 Å². The van der Waals surface area contributed by atoms with Crippen LogP contribution in [-0.4, -0.2) is 42.0 Å². The summed E-state index contributed by atoms with van der Waals surface area (Å²) in [5.74, 6) is 0.133. The molecule has 0 N–H and O–H groups in total. The lowest BCUT2D eigenvalue weighted by Crippen LogP contribution is -2.48. The van der Waals surface area contributed by atoms with Gasteiger partial charge >= 0.3 is 0 Å². The van der Waals surface area contributed by atoms with Gasteiger partial charge in [0.25, 0.3) is 5.91 Å². The van der Waals surface area contributed by atoms with Gasteiger partial charge in [-0.2, -0.15) is 0 Å². The molecular formula is C14H14IN3OS. The Balaban J connectivity index is 1.66. The summed E-state index contributed by atoms with van der Waals surface area (Å²) >= 11 is 3.87. The SMILES string of the molecule is O=C(c1ccccc1I)N1CCN(c2nccs2)CC1. The van der Waals surface area contributed by atoms with Crippen molar-refractivity contribution in [2.45, 2.75) is 0 Å². The largest absolute Gasteiger partial charge is 0.345 e. The first-order chi connectivity index (χ1) is 9.75. The predicted molar refractivity (Wildman–Crippen MR) is 89.4 cm³/mol. The maximum Gasteiger partial charge on any atom is 0.255 e. The number of rotatable bonds is 2. The van der Waals surface area contributed by atoms with Gasteiger partial charge in [-0.05, 0) is 34.7 Å². The number of hydrogen-bond donors (Lipinski definition) is 0. The van der Waals surface area contributed by atoms with E-state index in [1.54, 1.807) is 11.3 Å². The lowest BCUT2D eigenvalue weighted by molar-refractivity contribution is 0.0745. The summed E-state index contributed by atoms with van der Waals surface area (Å²) in [5, 5.41) is 3.03. The molecule has 0 bridgehead atoms. The third-order valence-corrected chi connectivity index (χ3v) is 5.13. The molecule has 0 radical (unpaired) electrons. The van der Waals surface area contributed by atoms with Gasteiger partial charge in [0.15, 0.2) is 5.13 Å². The van der Waals surface area contributed by atoms with Crippen molar-refractivity contribution in [3.05, 3.63) is 45.0 Å². The van der Waals surface area contributed by atoms with Crippen LogP contribution in [0.2, 0.25) is 0 Å². The second kappa shape index (κ2) is 6.09. The summed E-state index contributed by atoms with van der Waals surface area (Å²) in [6.07, 6.45) is 1.82. The quantitative estimate of drug-likeness (QED) is 0.729. The van der Waals surface area contributed by atoms with Gasteiger partial charge in [0.1, 0.15) is 0 Å². The third kappa shape index (κ3) is 2.80. The molecule has 1 saturated heterocycles. The predicted octanol–water partition coefficient (Wildman–Crippen LogP) is 2.71. The van der Waals surface area contributed by atoms with Crippen LogP contribution < -0.4 is 4.90 Å². The number of benzene rings is 1. The van der Waals surface area contributed by atoms with Crippen molar-refractivity contribution >= 4 is 45.0 Å². The van der Waals surface area contributed by atoms with Crippen LogP contribution in [0.3, 0.4) is 0 Å². The number of carbonyl (C=O) groups excluding carboxylic acids is 1. The summed E-state index contributed by atoms with van der Waals surface area (Å²) in [4.78, 5) is 21.0. The van der Waals surface area contributed by atoms with Crippen molar-refractivity contribution in [2.24, 2.45) is 0 Å². The van der Waals surface area contributed by atoms with Crippen LogP contribution in [0.25, 0.3) is 0 Å². The van der Waals surface area contributed by atoms with E-state index in [-0.39, 0.29) is 5.91 Å². The summed E-state index contributed by atoms with van der Waals surface area (Å²) < 4.78 is 1.01. The van der Waals surface area contributed by atoms with Gasteiger partial charge in [-0.15, -0.1) is 11.3 Å². The molecule has 1 fully saturated rings. The molecule has 1 amide bonds. The first kappa shape index (κ1) is 13.8. The topological polar surface area (TPSA) is 36.4 Å². The van der Waals surface area contributed by atoms with Crippen LogP contribution in [0.1, 0.15) is 10.4 Å². The molecular weight excluding hydrogens is 385 g/mol. The number of thiazole rings is 1. The van der Waals surface area contributed by atoms with Crippen molar-refractivity contribution < 1.29 is 4.79 Å². The monoisotopic (exact) mass is 399 g/mol. The fraction of sp³-hybridized carbons (Fsp3) is 0.286. The van der Waals surface area contributed by atoms with Crippen molar-refractivity contribution in [3.8, 4) is 0 Å². The highest BCUT2D eigenvalue weighted by atomic mass is 127. The third-order valence-electron chi connectivity index (χ3n) is 3.36. The average Bonchev–Trinajstić information content (AvgIpc) is 3.01. The number of anilines is 1. The van der Waals surface area contributed by atoms with E-state index in [0.29, 0.717) is 0 Å². The molecule has 0 aliphatic carbocycles. The number of amides is 1. The van der Waals surface area contributed by atoms with E-state index in [2.05, 4.69) is 32.5 Å². The number of carbonyl (C=O) groups is 1. The van der Waals surface area contributed by atoms with E-state index in [9.17, 15) is 4.79 Å². The van der Waals surface area contributed by atoms with E-state index < -0.39 is 0 Å². The standard InChI is InChI=1S/C14H14IN3OS/c15-12-4-2-1-3-11(12)13(19)17-6-8-18(9-7-17)14-16-5-10-20-14/h1-5,10H,6-9H2. The fourth-order valence-electron chi connectivity index (χ4n) is 2.28. The molecule has 6 heteroatoms. The zero-order chi connectivity index (χ0) is 13.9. The maximum atomic E-state index is 12.5. The Hall–Kier alpha value is -1.15. The zero-order valence-electron chi connectivity index (χ0n) is 10.8. The smallest absolute Gasteiger partial charge is 0.255 e. The number of piperazine rings is 1. The normalized spacial score (nSPS) is 15.4. The maximum absolute atomic E-state index is 12.5. The minimum Gasteiger partial charge on any atom is -0.345 e. The van der Waals surface area contributed by atoms with Crippen molar-refractivity contribution in [2.75, 3.05) is 31.1 Å². The van der Waals surface area contributed by atoms with Crippen LogP contribution in [0.15, 0.2) is 35.8 Å². The van der Waals surface area contributed by atoms with E-state index in [1.807, 2.05) is 40.7 Å². The molecule has 4 nitrogen and oxygen atoms in total. The van der Waals surface area contributed by atoms with E-state index in [1.165, 1.54) is 0 Å². The summed E-state index contributed by atoms with van der Waals surface area (Å²) in [5.41, 5.74) is 0.802. The van der Waals surface area contributed by atoms with Crippen LogP contribution in [0, 0.1) is 3.57 Å². The molecule has 104 valence electrons. The molecule has 3 rings (SSSR count). The minimum atomic E-state index is 0.133. The fourth-order valence-corrected chi connectivity index (χ4v) is 3.59. The Morgan fingerprint density at radius 2 is 1.95 bits per heavy atom. The molecule has 0 saturated carbocycles. The van der Waals surface area contributed by atoms with Gasteiger partial charge in [0.2, 0.25) is 0 Å². The lowest BCUT2D eigenvalue weighted by atomic mass is 10.2. The summed E-state index contributed by atoms with van der Waals surface area (Å²) in [6.45, 7) is 3.21. The number of halogens is 1. The summed E-state index contributed by atoms with van der Waals surface area (Å²) in [7, 11) is 0. The molecule has 0 atom stereocenters. The second-order valence-electron chi connectivity index (χ2n) is 4.57. The Labute approximate surface area is 135 Å². The Bertz CT molecular complexity index is 594. The van der Waals surface area contributed by atoms with Gasteiger partial charge in [-0.25, -0.2) is 4.98 Å². The van der Waals surface area contributed by atoms with Gasteiger partial charge in [0.05, 0.1) is 5.56 Å².